The molecule has 0 saturated carbocycles. The highest BCUT2D eigenvalue weighted by Gasteiger charge is 2.27. The number of aliphatic hydroxyl groups excluding tert-OH is 4. The standard InChI is InChI=1S/C6H12O4S2/c7-1-3(8)5(9)6(10)4(12)2-11/h2-10,12H,1H2/t3-,4+,5+,6-/m1/s1. The molecule has 0 unspecified atom stereocenters. The van der Waals surface area contributed by atoms with Crippen molar-refractivity contribution in [3.63, 3.8) is 0 Å². The van der Waals surface area contributed by atoms with E-state index >= 15 is 0 Å². The molecule has 12 heavy (non-hydrogen) atoms. The molecule has 0 spiro atoms. The van der Waals surface area contributed by atoms with Crippen LogP contribution in [0.1, 0.15) is 0 Å². The maximum Gasteiger partial charge on any atom is 0.109 e. The van der Waals surface area contributed by atoms with Gasteiger partial charge in [-0.3, -0.25) is 0 Å². The zero-order valence-electron chi connectivity index (χ0n) is 6.24. The zero-order chi connectivity index (χ0) is 9.72. The predicted octanol–water partition coefficient (Wildman–Crippen LogP) is -1.64. The summed E-state index contributed by atoms with van der Waals surface area (Å²) in [6.45, 7) is -0.615. The van der Waals surface area contributed by atoms with Gasteiger partial charge >= 0.3 is 0 Å². The number of thiol groups is 1. The van der Waals surface area contributed by atoms with Gasteiger partial charge in [-0.1, -0.05) is 12.2 Å². The summed E-state index contributed by atoms with van der Waals surface area (Å²) in [6.07, 6.45) is -4.07. The van der Waals surface area contributed by atoms with Crippen molar-refractivity contribution in [2.75, 3.05) is 6.61 Å². The maximum absolute atomic E-state index is 9.19. The second kappa shape index (κ2) is 5.85. The van der Waals surface area contributed by atoms with Crippen molar-refractivity contribution in [1.29, 1.82) is 0 Å². The van der Waals surface area contributed by atoms with E-state index in [9.17, 15) is 5.11 Å². The highest BCUT2D eigenvalue weighted by Crippen LogP contribution is 2.08. The van der Waals surface area contributed by atoms with Crippen LogP contribution in [0, 0.1) is 0 Å². The first kappa shape index (κ1) is 12.3. The highest BCUT2D eigenvalue weighted by molar-refractivity contribution is 7.85. The van der Waals surface area contributed by atoms with Gasteiger partial charge in [0.15, 0.2) is 0 Å². The third-order valence-electron chi connectivity index (χ3n) is 1.42. The molecule has 0 aromatic rings. The van der Waals surface area contributed by atoms with Crippen molar-refractivity contribution < 1.29 is 20.4 Å². The first-order chi connectivity index (χ1) is 5.54. The van der Waals surface area contributed by atoms with Gasteiger partial charge in [0.25, 0.3) is 0 Å². The lowest BCUT2D eigenvalue weighted by molar-refractivity contribution is -0.0714. The van der Waals surface area contributed by atoms with Gasteiger partial charge in [-0.15, -0.1) is 0 Å². The van der Waals surface area contributed by atoms with Crippen LogP contribution in [0.2, 0.25) is 0 Å². The van der Waals surface area contributed by atoms with Crippen molar-refractivity contribution >= 4 is 30.2 Å². The van der Waals surface area contributed by atoms with Gasteiger partial charge in [-0.2, -0.15) is 12.6 Å². The summed E-state index contributed by atoms with van der Waals surface area (Å²) in [5, 5.41) is 36.1. The molecule has 0 radical (unpaired) electrons. The maximum atomic E-state index is 9.19. The van der Waals surface area contributed by atoms with E-state index in [1.807, 2.05) is 0 Å². The number of thiocarbonyl (C=S) groups is 1. The van der Waals surface area contributed by atoms with Gasteiger partial charge < -0.3 is 20.4 Å². The average Bonchev–Trinajstić information content (AvgIpc) is 2.12. The van der Waals surface area contributed by atoms with Gasteiger partial charge in [-0.25, -0.2) is 0 Å². The first-order valence-electron chi connectivity index (χ1n) is 3.33. The molecule has 0 aliphatic carbocycles. The summed E-state index contributed by atoms with van der Waals surface area (Å²) >= 11 is 8.31. The van der Waals surface area contributed by atoms with E-state index in [0.717, 1.165) is 0 Å². The molecule has 0 aromatic heterocycles. The molecule has 0 fully saturated rings. The number of aliphatic hydroxyl groups is 4. The molecule has 0 bridgehead atoms. The fourth-order valence-electron chi connectivity index (χ4n) is 0.618. The topological polar surface area (TPSA) is 80.9 Å². The number of hydrogen-bond acceptors (Lipinski definition) is 6. The largest absolute Gasteiger partial charge is 0.394 e. The van der Waals surface area contributed by atoms with Crippen molar-refractivity contribution in [2.45, 2.75) is 23.6 Å². The van der Waals surface area contributed by atoms with E-state index in [-0.39, 0.29) is 0 Å². The quantitative estimate of drug-likeness (QED) is 0.279. The van der Waals surface area contributed by atoms with Gasteiger partial charge in [0.2, 0.25) is 0 Å². The number of rotatable bonds is 5. The van der Waals surface area contributed by atoms with E-state index in [1.165, 1.54) is 5.37 Å². The van der Waals surface area contributed by atoms with Gasteiger partial charge in [0.05, 0.1) is 18.0 Å². The Labute approximate surface area is 81.3 Å². The van der Waals surface area contributed by atoms with Crippen molar-refractivity contribution in [1.82, 2.24) is 0 Å². The highest BCUT2D eigenvalue weighted by atomic mass is 32.1. The van der Waals surface area contributed by atoms with E-state index in [0.29, 0.717) is 0 Å². The summed E-state index contributed by atoms with van der Waals surface area (Å²) in [6, 6.07) is 0. The summed E-state index contributed by atoms with van der Waals surface area (Å²) in [4.78, 5) is 0. The first-order valence-corrected chi connectivity index (χ1v) is 4.31. The lowest BCUT2D eigenvalue weighted by Gasteiger charge is -2.23. The molecule has 0 aromatic carbocycles. The third-order valence-corrected chi connectivity index (χ3v) is 2.37. The van der Waals surface area contributed by atoms with Crippen LogP contribution >= 0.6 is 24.8 Å². The molecule has 4 N–H and O–H groups in total. The smallest absolute Gasteiger partial charge is 0.109 e. The summed E-state index contributed by atoms with van der Waals surface area (Å²) in [5.41, 5.74) is 0. The van der Waals surface area contributed by atoms with E-state index in [1.54, 1.807) is 0 Å². The lowest BCUT2D eigenvalue weighted by atomic mass is 10.1. The Morgan fingerprint density at radius 2 is 1.75 bits per heavy atom. The van der Waals surface area contributed by atoms with Crippen LogP contribution in [0.3, 0.4) is 0 Å². The van der Waals surface area contributed by atoms with Gasteiger partial charge in [-0.05, 0) is 5.37 Å². The predicted molar refractivity (Wildman–Crippen MR) is 51.5 cm³/mol. The average molecular weight is 212 g/mol. The molecule has 4 nitrogen and oxygen atoms in total. The van der Waals surface area contributed by atoms with Crippen LogP contribution in [-0.2, 0) is 0 Å². The Morgan fingerprint density at radius 1 is 1.25 bits per heavy atom. The van der Waals surface area contributed by atoms with Crippen molar-refractivity contribution in [3.8, 4) is 0 Å². The van der Waals surface area contributed by atoms with E-state index < -0.39 is 30.2 Å². The second-order valence-corrected chi connectivity index (χ2v) is 3.23. The SMILES string of the molecule is OC[C@@H](O)[C@H](O)[C@H](O)[C@@H](S)C=S. The van der Waals surface area contributed by atoms with Crippen LogP contribution in [0.5, 0.6) is 0 Å². The fraction of sp³-hybridized carbons (Fsp3) is 0.833. The minimum absolute atomic E-state index is 0.615. The molecule has 0 aliphatic heterocycles. The molecule has 0 amide bonds. The van der Waals surface area contributed by atoms with Crippen LogP contribution in [-0.4, -0.2) is 56.0 Å². The second-order valence-electron chi connectivity index (χ2n) is 2.36. The Balaban J connectivity index is 4.07. The minimum Gasteiger partial charge on any atom is -0.394 e. The molecule has 6 heteroatoms. The van der Waals surface area contributed by atoms with Crippen LogP contribution in [0.15, 0.2) is 0 Å². The molecule has 4 atom stereocenters. The normalized spacial score (nSPS) is 21.1. The Morgan fingerprint density at radius 3 is 2.08 bits per heavy atom. The summed E-state index contributed by atoms with van der Waals surface area (Å²) in [5.74, 6) is 0. The van der Waals surface area contributed by atoms with Crippen LogP contribution in [0.25, 0.3) is 0 Å². The minimum atomic E-state index is -1.43. The fourth-order valence-corrected chi connectivity index (χ4v) is 0.955. The molecule has 0 heterocycles. The van der Waals surface area contributed by atoms with Crippen LogP contribution < -0.4 is 0 Å². The Kier molecular flexibility index (Phi) is 5.98. The monoisotopic (exact) mass is 212 g/mol. The van der Waals surface area contributed by atoms with Crippen molar-refractivity contribution in [2.24, 2.45) is 0 Å². The lowest BCUT2D eigenvalue weighted by Crippen LogP contribution is -2.44. The van der Waals surface area contributed by atoms with Gasteiger partial charge in [0, 0.05) is 0 Å². The molecule has 0 rings (SSSR count). The Bertz CT molecular complexity index is 144. The van der Waals surface area contributed by atoms with Gasteiger partial charge in [0.1, 0.15) is 12.2 Å². The van der Waals surface area contributed by atoms with Crippen molar-refractivity contribution in [3.05, 3.63) is 0 Å². The molecule has 0 aliphatic rings. The molecule has 0 saturated heterocycles. The third kappa shape index (κ3) is 3.34. The number of hydrogen-bond donors (Lipinski definition) is 5. The molecular formula is C6H12O4S2. The molecular weight excluding hydrogens is 200 g/mol. The summed E-state index contributed by atoms with van der Waals surface area (Å²) < 4.78 is 0. The van der Waals surface area contributed by atoms with E-state index in [4.69, 9.17) is 15.3 Å². The van der Waals surface area contributed by atoms with E-state index in [2.05, 4.69) is 24.8 Å². The van der Waals surface area contributed by atoms with Crippen LogP contribution in [0.4, 0.5) is 0 Å². The molecule has 72 valence electrons. The zero-order valence-corrected chi connectivity index (χ0v) is 7.95. The Hall–Kier alpha value is 0.280. The summed E-state index contributed by atoms with van der Waals surface area (Å²) in [7, 11) is 0.